The Morgan fingerprint density at radius 1 is 0.237 bits per heavy atom. The summed E-state index contributed by atoms with van der Waals surface area (Å²) in [6.07, 6.45) is 6.41. The third kappa shape index (κ3) is 38.2. The van der Waals surface area contributed by atoms with Crippen molar-refractivity contribution in [2.24, 2.45) is 75.8 Å². The minimum absolute atomic E-state index is 0.0293. The molecule has 0 bridgehead atoms. The lowest BCUT2D eigenvalue weighted by molar-refractivity contribution is -0.136. The minimum atomic E-state index is -1.21. The van der Waals surface area contributed by atoms with Crippen molar-refractivity contribution in [3.63, 3.8) is 0 Å². The summed E-state index contributed by atoms with van der Waals surface area (Å²) in [6.45, 7) is 27.6. The fraction of sp³-hybridized carbons (Fsp3) is 0.833. The number of carbonyl (C=O) groups excluding carboxylic acids is 11. The van der Waals surface area contributed by atoms with Gasteiger partial charge in [0.25, 0.3) is 0 Å². The fourth-order valence-corrected chi connectivity index (χ4v) is 10.6. The molecule has 22 N–H and O–H groups in total. The Labute approximate surface area is 556 Å². The molecule has 0 heterocycles. The molecule has 0 aromatic carbocycles. The summed E-state index contributed by atoms with van der Waals surface area (Å²) in [5, 5.41) is 28.1. The molecule has 0 spiro atoms. The van der Waals surface area contributed by atoms with E-state index in [0.717, 1.165) is 0 Å². The lowest BCUT2D eigenvalue weighted by Crippen LogP contribution is -2.61. The molecule has 0 rings (SSSR count). The number of nitrogens with two attached hydrogens (primary N) is 6. The number of rotatable bonds is 51. The molecule has 27 nitrogen and oxygen atoms in total. The minimum Gasteiger partial charge on any atom is -0.368 e. The standard InChI is InChI=1S/C66H128N16O11/c1-38(2)31-49(76-57(84)45(71)23-15-19-27-67)61(88)74-47(25-17-21-29-69)59(86)78-52(34-41(7)8)63(90)80-54(36-43(11)12)65(92)82-55(37-44(13)14)66(93)81-53(35-42(9)10)64(91)79-51(33-40(5)6)62(89)75-48(26-18-22-30-70)58(85)77-50(32-39(3)4)60(87)73-46(56(72)83)24-16-20-28-68/h38-55H,15-37,67-71H2,1-14H3,(H2,72,83)(H,73,87)(H,74,88)(H,75,89)(H,76,84)(H,77,85)(H,78,86)(H,79,91)(H,80,90)(H,81,93)(H,82,92)/t45-,46-,47-,48-,49-,50-,51-,52-,53-,54-,55-/m0/s1. The van der Waals surface area contributed by atoms with Gasteiger partial charge in [0.1, 0.15) is 60.4 Å². The molecule has 93 heavy (non-hydrogen) atoms. The average molecular weight is 1320 g/mol. The van der Waals surface area contributed by atoms with Crippen molar-refractivity contribution in [2.75, 3.05) is 26.2 Å². The van der Waals surface area contributed by atoms with Gasteiger partial charge in [0, 0.05) is 0 Å². The topological polar surface area (TPSA) is 464 Å². The summed E-state index contributed by atoms with van der Waals surface area (Å²) < 4.78 is 0. The van der Waals surface area contributed by atoms with Gasteiger partial charge in [-0.2, -0.15) is 0 Å². The predicted octanol–water partition coefficient (Wildman–Crippen LogP) is 1.49. The number of primary amides is 1. The Morgan fingerprint density at radius 2 is 0.398 bits per heavy atom. The zero-order valence-electron chi connectivity index (χ0n) is 59.1. The molecule has 11 amide bonds. The Hall–Kier alpha value is -6.03. The first-order valence-electron chi connectivity index (χ1n) is 34.5. The van der Waals surface area contributed by atoms with Gasteiger partial charge >= 0.3 is 0 Å². The molecule has 0 aromatic heterocycles. The van der Waals surface area contributed by atoms with Crippen LogP contribution in [0.25, 0.3) is 0 Å². The number of hydrogen-bond acceptors (Lipinski definition) is 16. The Morgan fingerprint density at radius 3 is 0.591 bits per heavy atom. The molecule has 0 aliphatic carbocycles. The Balaban J connectivity index is 6.97. The first kappa shape index (κ1) is 87.0. The number of carbonyl (C=O) groups is 11. The van der Waals surface area contributed by atoms with Crippen LogP contribution in [0, 0.1) is 41.4 Å². The predicted molar refractivity (Wildman–Crippen MR) is 364 cm³/mol. The second-order valence-corrected chi connectivity index (χ2v) is 28.2. The highest BCUT2D eigenvalue weighted by Crippen LogP contribution is 2.17. The molecule has 0 fully saturated rings. The van der Waals surface area contributed by atoms with Gasteiger partial charge in [-0.25, -0.2) is 0 Å². The van der Waals surface area contributed by atoms with Crippen molar-refractivity contribution >= 4 is 65.0 Å². The van der Waals surface area contributed by atoms with Crippen molar-refractivity contribution in [2.45, 2.75) is 285 Å². The van der Waals surface area contributed by atoms with E-state index in [1.54, 1.807) is 0 Å². The van der Waals surface area contributed by atoms with E-state index >= 15 is 0 Å². The van der Waals surface area contributed by atoms with Gasteiger partial charge in [-0.3, -0.25) is 52.7 Å². The van der Waals surface area contributed by atoms with Crippen molar-refractivity contribution in [3.05, 3.63) is 0 Å². The summed E-state index contributed by atoms with van der Waals surface area (Å²) >= 11 is 0. The van der Waals surface area contributed by atoms with E-state index in [-0.39, 0.29) is 106 Å². The highest BCUT2D eigenvalue weighted by molar-refractivity contribution is 5.99. The Bertz CT molecular complexity index is 2270. The van der Waals surface area contributed by atoms with E-state index in [1.165, 1.54) is 0 Å². The lowest BCUT2D eigenvalue weighted by Gasteiger charge is -2.30. The summed E-state index contributed by atoms with van der Waals surface area (Å²) in [5.41, 5.74) is 34.7. The summed E-state index contributed by atoms with van der Waals surface area (Å²) in [6, 6.07) is -12.3. The molecule has 0 aliphatic heterocycles. The average Bonchev–Trinajstić information content (AvgIpc) is 0.998. The van der Waals surface area contributed by atoms with Gasteiger partial charge in [0.2, 0.25) is 65.0 Å². The molecular formula is C66H128N16O11. The SMILES string of the molecule is CC(C)C[C@H](NC(=O)[C@H](CCCCN)NC(=O)[C@H](CC(C)C)NC(=O)[C@H](CC(C)C)NC(=O)[C@H](CC(C)C)NC(=O)[C@H](CC(C)C)NC(=O)[C@H](CC(C)C)NC(=O)[C@H](CCCCN)NC(=O)[C@H](CC(C)C)NC(=O)[C@@H](N)CCCCN)C(=O)N[C@@H](CCCCN)C(N)=O. The molecule has 0 saturated heterocycles. The van der Waals surface area contributed by atoms with E-state index in [2.05, 4.69) is 53.2 Å². The highest BCUT2D eigenvalue weighted by Gasteiger charge is 2.37. The normalized spacial score (nSPS) is 15.2. The van der Waals surface area contributed by atoms with Gasteiger partial charge in [-0.1, -0.05) is 103 Å². The first-order valence-corrected chi connectivity index (χ1v) is 34.5. The van der Waals surface area contributed by atoms with E-state index in [4.69, 9.17) is 34.4 Å². The van der Waals surface area contributed by atoms with Gasteiger partial charge < -0.3 is 87.6 Å². The van der Waals surface area contributed by atoms with Crippen LogP contribution in [0.15, 0.2) is 0 Å². The lowest BCUT2D eigenvalue weighted by atomic mass is 9.97. The van der Waals surface area contributed by atoms with E-state index in [0.29, 0.717) is 84.0 Å². The molecule has 27 heteroatoms. The molecule has 0 radical (unpaired) electrons. The number of amides is 11. The first-order chi connectivity index (χ1) is 43.6. The number of nitrogens with one attached hydrogen (secondary N) is 10. The maximum Gasteiger partial charge on any atom is 0.243 e. The maximum absolute atomic E-state index is 14.6. The van der Waals surface area contributed by atoms with Crippen LogP contribution in [0.5, 0.6) is 0 Å². The zero-order chi connectivity index (χ0) is 71.1. The highest BCUT2D eigenvalue weighted by atomic mass is 16.2. The van der Waals surface area contributed by atoms with Crippen LogP contribution >= 0.6 is 0 Å². The van der Waals surface area contributed by atoms with Crippen LogP contribution in [0.3, 0.4) is 0 Å². The van der Waals surface area contributed by atoms with Crippen molar-refractivity contribution < 1.29 is 52.7 Å². The van der Waals surface area contributed by atoms with Crippen molar-refractivity contribution in [1.82, 2.24) is 53.2 Å². The van der Waals surface area contributed by atoms with Gasteiger partial charge in [-0.15, -0.1) is 0 Å². The molecule has 0 unspecified atom stereocenters. The third-order valence-electron chi connectivity index (χ3n) is 15.5. The maximum atomic E-state index is 14.6. The second-order valence-electron chi connectivity index (χ2n) is 28.2. The second kappa shape index (κ2) is 47.8. The Kier molecular flexibility index (Phi) is 44.7. The van der Waals surface area contributed by atoms with Crippen LogP contribution in [-0.4, -0.2) is 158 Å². The molecule has 538 valence electrons. The molecule has 0 aliphatic rings. The van der Waals surface area contributed by atoms with Crippen molar-refractivity contribution in [3.8, 4) is 0 Å². The number of unbranched alkanes of at least 4 members (excludes halogenated alkanes) is 4. The van der Waals surface area contributed by atoms with E-state index < -0.39 is 131 Å². The quantitative estimate of drug-likeness (QED) is 0.0384. The van der Waals surface area contributed by atoms with Gasteiger partial charge in [0.05, 0.1) is 6.04 Å². The van der Waals surface area contributed by atoms with Crippen molar-refractivity contribution in [1.29, 1.82) is 0 Å². The van der Waals surface area contributed by atoms with Crippen LogP contribution in [0.1, 0.15) is 219 Å². The van der Waals surface area contributed by atoms with Gasteiger partial charge in [-0.05, 0) is 183 Å². The van der Waals surface area contributed by atoms with Crippen LogP contribution in [0.2, 0.25) is 0 Å². The van der Waals surface area contributed by atoms with E-state index in [1.807, 2.05) is 96.9 Å². The smallest absolute Gasteiger partial charge is 0.243 e. The summed E-state index contributed by atoms with van der Waals surface area (Å²) in [7, 11) is 0. The summed E-state index contributed by atoms with van der Waals surface area (Å²) in [4.78, 5) is 154. The van der Waals surface area contributed by atoms with E-state index in [9.17, 15) is 52.7 Å². The third-order valence-corrected chi connectivity index (χ3v) is 15.5. The largest absolute Gasteiger partial charge is 0.368 e. The van der Waals surface area contributed by atoms with Gasteiger partial charge in [0.15, 0.2) is 0 Å². The molecule has 11 atom stereocenters. The van der Waals surface area contributed by atoms with Crippen LogP contribution in [0.4, 0.5) is 0 Å². The van der Waals surface area contributed by atoms with Crippen LogP contribution < -0.4 is 87.6 Å². The van der Waals surface area contributed by atoms with Crippen LogP contribution in [-0.2, 0) is 52.7 Å². The fourth-order valence-electron chi connectivity index (χ4n) is 10.6. The molecular weight excluding hydrogens is 1190 g/mol. The number of hydrogen-bond donors (Lipinski definition) is 16. The molecule has 0 aromatic rings. The zero-order valence-corrected chi connectivity index (χ0v) is 59.1. The monoisotopic (exact) mass is 1320 g/mol. The summed E-state index contributed by atoms with van der Waals surface area (Å²) in [5.74, 6) is -8.10. The molecule has 0 saturated carbocycles.